The molecule has 0 radical (unpaired) electrons. The van der Waals surface area contributed by atoms with E-state index in [1.54, 1.807) is 6.92 Å². The number of nitrogens with one attached hydrogen (secondary N) is 1. The number of pyridine rings is 1. The van der Waals surface area contributed by atoms with Crippen LogP contribution in [0.4, 0.5) is 5.82 Å². The van der Waals surface area contributed by atoms with Crippen molar-refractivity contribution in [3.8, 4) is 0 Å². The van der Waals surface area contributed by atoms with Crippen molar-refractivity contribution in [1.82, 2.24) is 20.2 Å². The van der Waals surface area contributed by atoms with Gasteiger partial charge in [0, 0.05) is 28.9 Å². The summed E-state index contributed by atoms with van der Waals surface area (Å²) in [4.78, 5) is 19.4. The second-order valence-corrected chi connectivity index (χ2v) is 8.61. The fourth-order valence-electron chi connectivity index (χ4n) is 4.12. The molecule has 1 N–H and O–H groups in total. The van der Waals surface area contributed by atoms with Gasteiger partial charge in [0.15, 0.2) is 5.82 Å². The Morgan fingerprint density at radius 2 is 2.10 bits per heavy atom. The van der Waals surface area contributed by atoms with E-state index in [4.69, 9.17) is 16.6 Å². The highest BCUT2D eigenvalue weighted by molar-refractivity contribution is 6.30. The summed E-state index contributed by atoms with van der Waals surface area (Å²) in [5.41, 5.74) is 5.09. The van der Waals surface area contributed by atoms with Crippen molar-refractivity contribution in [1.29, 1.82) is 0 Å². The van der Waals surface area contributed by atoms with Crippen molar-refractivity contribution in [2.24, 2.45) is 0 Å². The quantitative estimate of drug-likeness (QED) is 0.621. The minimum absolute atomic E-state index is 0.113. The Morgan fingerprint density at radius 1 is 1.23 bits per heavy atom. The third-order valence-corrected chi connectivity index (χ3v) is 5.77. The highest BCUT2D eigenvalue weighted by atomic mass is 35.5. The molecule has 162 valence electrons. The number of hydrogen-bond acceptors (Lipinski definition) is 6. The molecule has 0 saturated carbocycles. The number of carbonyl (C=O) groups is 1. The van der Waals surface area contributed by atoms with E-state index in [1.165, 1.54) is 11.1 Å². The van der Waals surface area contributed by atoms with Gasteiger partial charge < -0.3 is 5.32 Å². The number of likely N-dealkylation sites (tertiary alicyclic amines) is 1. The molecular weight excluding hydrogens is 414 g/mol. The Hall–Kier alpha value is -2.77. The van der Waals surface area contributed by atoms with E-state index in [1.807, 2.05) is 25.1 Å². The van der Waals surface area contributed by atoms with E-state index in [0.29, 0.717) is 24.0 Å². The molecule has 0 unspecified atom stereocenters. The Kier molecular flexibility index (Phi) is 6.63. The third-order valence-electron chi connectivity index (χ3n) is 5.53. The molecule has 1 aliphatic rings. The first kappa shape index (κ1) is 21.5. The number of anilines is 1. The van der Waals surface area contributed by atoms with Gasteiger partial charge in [0.1, 0.15) is 5.69 Å². The molecule has 3 aromatic rings. The van der Waals surface area contributed by atoms with Crippen LogP contribution >= 0.6 is 11.6 Å². The first-order chi connectivity index (χ1) is 15.0. The lowest BCUT2D eigenvalue weighted by atomic mass is 9.92. The maximum absolute atomic E-state index is 12.4. The molecular formula is C23H26ClN5O2. The monoisotopic (exact) mass is 439 g/mol. The minimum Gasteiger partial charge on any atom is -0.305 e. The summed E-state index contributed by atoms with van der Waals surface area (Å²) in [7, 11) is 0. The number of piperidine rings is 1. The first-order valence-electron chi connectivity index (χ1n) is 10.5. The van der Waals surface area contributed by atoms with Gasteiger partial charge in [0.25, 0.3) is 0 Å². The fraction of sp³-hybridized carbons (Fsp3) is 0.391. The molecule has 4 rings (SSSR count). The average Bonchev–Trinajstić information content (AvgIpc) is 3.12. The number of carbonyl (C=O) groups excluding carboxylic acids is 1. The zero-order valence-electron chi connectivity index (χ0n) is 17.8. The van der Waals surface area contributed by atoms with E-state index < -0.39 is 0 Å². The highest BCUT2D eigenvalue weighted by Crippen LogP contribution is 2.27. The SMILES string of the molecule is Cc1cc(Cc2cccc(Cl)c2)cc([C@H]2CCCN(CC(=O)Nc3nonc3C)C2)n1. The van der Waals surface area contributed by atoms with Gasteiger partial charge in [-0.3, -0.25) is 14.7 Å². The van der Waals surface area contributed by atoms with E-state index >= 15 is 0 Å². The smallest absolute Gasteiger partial charge is 0.239 e. The van der Waals surface area contributed by atoms with Crippen molar-refractivity contribution in [3.05, 3.63) is 69.6 Å². The zero-order chi connectivity index (χ0) is 21.8. The van der Waals surface area contributed by atoms with Gasteiger partial charge in [-0.1, -0.05) is 28.9 Å². The second-order valence-electron chi connectivity index (χ2n) is 8.17. The van der Waals surface area contributed by atoms with Crippen LogP contribution in [0.15, 0.2) is 41.0 Å². The fourth-order valence-corrected chi connectivity index (χ4v) is 4.34. The van der Waals surface area contributed by atoms with Crippen molar-refractivity contribution >= 4 is 23.3 Å². The van der Waals surface area contributed by atoms with Gasteiger partial charge >= 0.3 is 0 Å². The maximum atomic E-state index is 12.4. The van der Waals surface area contributed by atoms with E-state index in [0.717, 1.165) is 48.8 Å². The molecule has 1 atom stereocenters. The molecule has 3 heterocycles. The van der Waals surface area contributed by atoms with Crippen LogP contribution in [0.1, 0.15) is 47.0 Å². The number of hydrogen-bond donors (Lipinski definition) is 1. The zero-order valence-corrected chi connectivity index (χ0v) is 18.5. The van der Waals surface area contributed by atoms with Crippen molar-refractivity contribution in [2.75, 3.05) is 25.0 Å². The number of aryl methyl sites for hydroxylation is 2. The summed E-state index contributed by atoms with van der Waals surface area (Å²) >= 11 is 6.14. The van der Waals surface area contributed by atoms with Crippen LogP contribution in [-0.4, -0.2) is 45.7 Å². The third kappa shape index (κ3) is 5.68. The lowest BCUT2D eigenvalue weighted by Crippen LogP contribution is -2.40. The number of nitrogens with zero attached hydrogens (tertiary/aromatic N) is 4. The van der Waals surface area contributed by atoms with Crippen LogP contribution in [0.25, 0.3) is 0 Å². The molecule has 1 fully saturated rings. The minimum atomic E-state index is -0.113. The van der Waals surface area contributed by atoms with E-state index in [9.17, 15) is 4.79 Å². The van der Waals surface area contributed by atoms with E-state index in [-0.39, 0.29) is 5.91 Å². The molecule has 1 saturated heterocycles. The van der Waals surface area contributed by atoms with Crippen LogP contribution < -0.4 is 5.32 Å². The van der Waals surface area contributed by atoms with Crippen LogP contribution in [0.2, 0.25) is 5.02 Å². The molecule has 0 spiro atoms. The van der Waals surface area contributed by atoms with Crippen molar-refractivity contribution in [3.63, 3.8) is 0 Å². The van der Waals surface area contributed by atoms with Crippen LogP contribution in [-0.2, 0) is 11.2 Å². The Labute approximate surface area is 186 Å². The van der Waals surface area contributed by atoms with Gasteiger partial charge in [-0.05, 0) is 80.2 Å². The molecule has 7 nitrogen and oxygen atoms in total. The predicted octanol–water partition coefficient (Wildman–Crippen LogP) is 4.14. The molecule has 0 bridgehead atoms. The number of benzene rings is 1. The first-order valence-corrected chi connectivity index (χ1v) is 10.9. The molecule has 31 heavy (non-hydrogen) atoms. The Balaban J connectivity index is 1.42. The topological polar surface area (TPSA) is 84.2 Å². The lowest BCUT2D eigenvalue weighted by molar-refractivity contribution is -0.117. The molecule has 1 aromatic carbocycles. The summed E-state index contributed by atoms with van der Waals surface area (Å²) < 4.78 is 4.64. The van der Waals surface area contributed by atoms with Gasteiger partial charge in [-0.2, -0.15) is 0 Å². The Morgan fingerprint density at radius 3 is 2.87 bits per heavy atom. The normalized spacial score (nSPS) is 16.9. The largest absolute Gasteiger partial charge is 0.305 e. The summed E-state index contributed by atoms with van der Waals surface area (Å²) in [6.07, 6.45) is 2.92. The van der Waals surface area contributed by atoms with Gasteiger partial charge in [0.2, 0.25) is 5.91 Å². The summed E-state index contributed by atoms with van der Waals surface area (Å²) in [5, 5.41) is 10.9. The molecule has 2 aromatic heterocycles. The van der Waals surface area contributed by atoms with Gasteiger partial charge in [0.05, 0.1) is 6.54 Å². The Bertz CT molecular complexity index is 1070. The maximum Gasteiger partial charge on any atom is 0.239 e. The molecule has 1 amide bonds. The van der Waals surface area contributed by atoms with Crippen LogP contribution in [0, 0.1) is 13.8 Å². The summed E-state index contributed by atoms with van der Waals surface area (Å²) in [6, 6.07) is 12.3. The standard InChI is InChI=1S/C23H26ClN5O2/c1-15-9-18(10-17-5-3-7-20(24)11-17)12-21(25-15)19-6-4-8-29(13-19)14-22(30)26-23-16(2)27-31-28-23/h3,5,7,9,11-12,19H,4,6,8,10,13-14H2,1-2H3,(H,26,28,30)/t19-/m0/s1. The number of aromatic nitrogens is 3. The highest BCUT2D eigenvalue weighted by Gasteiger charge is 2.25. The van der Waals surface area contributed by atoms with Crippen LogP contribution in [0.3, 0.4) is 0 Å². The molecule has 8 heteroatoms. The molecule has 0 aliphatic carbocycles. The number of amides is 1. The van der Waals surface area contributed by atoms with Crippen molar-refractivity contribution < 1.29 is 9.42 Å². The van der Waals surface area contributed by atoms with Crippen molar-refractivity contribution in [2.45, 2.75) is 39.0 Å². The average molecular weight is 440 g/mol. The summed E-state index contributed by atoms with van der Waals surface area (Å²) in [5.74, 6) is 0.567. The molecule has 1 aliphatic heterocycles. The number of halogens is 1. The van der Waals surface area contributed by atoms with Gasteiger partial charge in [-0.25, -0.2) is 4.63 Å². The lowest BCUT2D eigenvalue weighted by Gasteiger charge is -2.32. The summed E-state index contributed by atoms with van der Waals surface area (Å²) in [6.45, 7) is 5.78. The predicted molar refractivity (Wildman–Crippen MR) is 119 cm³/mol. The van der Waals surface area contributed by atoms with E-state index in [2.05, 4.69) is 43.4 Å². The second kappa shape index (κ2) is 9.58. The van der Waals surface area contributed by atoms with Crippen LogP contribution in [0.5, 0.6) is 0 Å². The number of rotatable bonds is 6. The van der Waals surface area contributed by atoms with Gasteiger partial charge in [-0.15, -0.1) is 0 Å².